The molecule has 1 unspecified atom stereocenters. The van der Waals surface area contributed by atoms with E-state index in [-0.39, 0.29) is 17.3 Å². The fraction of sp³-hybridized carbons (Fsp3) is 0.529. The van der Waals surface area contributed by atoms with Crippen LogP contribution in [0.1, 0.15) is 39.4 Å². The lowest BCUT2D eigenvalue weighted by Gasteiger charge is -2.13. The van der Waals surface area contributed by atoms with Crippen molar-refractivity contribution in [2.45, 2.75) is 45.1 Å². The van der Waals surface area contributed by atoms with Crippen molar-refractivity contribution in [3.8, 4) is 0 Å². The zero-order valence-electron chi connectivity index (χ0n) is 14.2. The molecule has 1 aliphatic rings. The smallest absolute Gasteiger partial charge is 0.207 e. The van der Waals surface area contributed by atoms with Crippen molar-refractivity contribution in [1.29, 1.82) is 0 Å². The number of halogens is 1. The molecule has 2 heterocycles. The third kappa shape index (κ3) is 4.21. The molecule has 130 valence electrons. The molecular formula is C17H23FN4OS. The zero-order valence-corrected chi connectivity index (χ0v) is 15.0. The fourth-order valence-electron chi connectivity index (χ4n) is 2.47. The van der Waals surface area contributed by atoms with Gasteiger partial charge >= 0.3 is 0 Å². The molecule has 1 aromatic carbocycles. The summed E-state index contributed by atoms with van der Waals surface area (Å²) in [6, 6.07) is 5.04. The summed E-state index contributed by atoms with van der Waals surface area (Å²) in [6.45, 7) is 7.62. The maximum atomic E-state index is 14.2. The minimum atomic E-state index is -0.293. The molecule has 1 saturated heterocycles. The lowest BCUT2D eigenvalue weighted by atomic mass is 9.96. The fourth-order valence-corrected chi connectivity index (χ4v) is 3.25. The van der Waals surface area contributed by atoms with Gasteiger partial charge in [-0.25, -0.2) is 9.37 Å². The van der Waals surface area contributed by atoms with Gasteiger partial charge in [0.05, 0.1) is 11.8 Å². The summed E-state index contributed by atoms with van der Waals surface area (Å²) in [5.41, 5.74) is 1.05. The number of hydrogen-bond acceptors (Lipinski definition) is 6. The van der Waals surface area contributed by atoms with E-state index in [4.69, 9.17) is 4.74 Å². The van der Waals surface area contributed by atoms with Gasteiger partial charge in [-0.3, -0.25) is 0 Å². The molecule has 2 N–H and O–H groups in total. The van der Waals surface area contributed by atoms with Gasteiger partial charge in [-0.15, -0.1) is 0 Å². The quantitative estimate of drug-likeness (QED) is 0.841. The normalized spacial score (nSPS) is 17.9. The van der Waals surface area contributed by atoms with Crippen molar-refractivity contribution in [1.82, 2.24) is 9.36 Å². The Morgan fingerprint density at radius 3 is 2.83 bits per heavy atom. The van der Waals surface area contributed by atoms with E-state index in [1.807, 2.05) is 6.07 Å². The van der Waals surface area contributed by atoms with Gasteiger partial charge in [0.25, 0.3) is 0 Å². The van der Waals surface area contributed by atoms with Crippen molar-refractivity contribution in [2.75, 3.05) is 23.8 Å². The molecule has 0 spiro atoms. The molecule has 3 rings (SSSR count). The first-order valence-corrected chi connectivity index (χ1v) is 8.95. The Balaban J connectivity index is 1.62. The van der Waals surface area contributed by atoms with Crippen LogP contribution in [0.5, 0.6) is 0 Å². The molecule has 5 nitrogen and oxygen atoms in total. The zero-order chi connectivity index (χ0) is 17.2. The van der Waals surface area contributed by atoms with Gasteiger partial charge in [-0.1, -0.05) is 20.8 Å². The Kier molecular flexibility index (Phi) is 5.01. The second kappa shape index (κ2) is 7.03. The Hall–Kier alpha value is -1.73. The number of aromatic nitrogens is 2. The van der Waals surface area contributed by atoms with Crippen LogP contribution in [0.4, 0.5) is 20.9 Å². The molecule has 7 heteroatoms. The van der Waals surface area contributed by atoms with Gasteiger partial charge in [-0.05, 0) is 31.0 Å². The second-order valence-corrected chi connectivity index (χ2v) is 7.76. The minimum absolute atomic E-state index is 0.0994. The maximum absolute atomic E-state index is 14.2. The van der Waals surface area contributed by atoms with Crippen LogP contribution in [0.25, 0.3) is 0 Å². The van der Waals surface area contributed by atoms with Crippen LogP contribution >= 0.6 is 11.5 Å². The van der Waals surface area contributed by atoms with Crippen LogP contribution in [0.3, 0.4) is 0 Å². The first-order valence-electron chi connectivity index (χ1n) is 8.18. The van der Waals surface area contributed by atoms with E-state index in [1.54, 1.807) is 6.07 Å². The highest BCUT2D eigenvalue weighted by Crippen LogP contribution is 2.27. The van der Waals surface area contributed by atoms with E-state index >= 15 is 0 Å². The van der Waals surface area contributed by atoms with Crippen molar-refractivity contribution in [2.24, 2.45) is 0 Å². The third-order valence-corrected chi connectivity index (χ3v) is 4.49. The topological polar surface area (TPSA) is 59.1 Å². The molecule has 0 radical (unpaired) electrons. The largest absolute Gasteiger partial charge is 0.380 e. The van der Waals surface area contributed by atoms with Crippen molar-refractivity contribution in [3.63, 3.8) is 0 Å². The van der Waals surface area contributed by atoms with Crippen molar-refractivity contribution >= 4 is 28.0 Å². The van der Waals surface area contributed by atoms with Crippen LogP contribution in [-0.2, 0) is 10.2 Å². The van der Waals surface area contributed by atoms with Gasteiger partial charge in [-0.2, -0.15) is 4.37 Å². The highest BCUT2D eigenvalue weighted by Gasteiger charge is 2.20. The molecule has 24 heavy (non-hydrogen) atoms. The molecule has 0 bridgehead atoms. The van der Waals surface area contributed by atoms with Crippen LogP contribution in [0.2, 0.25) is 0 Å². The summed E-state index contributed by atoms with van der Waals surface area (Å²) >= 11 is 1.28. The number of ether oxygens (including phenoxy) is 1. The SMILES string of the molecule is CC(C)(C)c1nsc(Nc2ccc(NCC3CCCO3)c(F)c2)n1. The van der Waals surface area contributed by atoms with Gasteiger partial charge in [0, 0.05) is 35.8 Å². The standard InChI is InChI=1S/C17H23FN4OS/c1-17(2,3)15-21-16(24-22-15)20-11-6-7-14(13(18)9-11)19-10-12-5-4-8-23-12/h6-7,9,12,19H,4-5,8,10H2,1-3H3,(H,20,21,22). The van der Waals surface area contributed by atoms with Crippen molar-refractivity contribution in [3.05, 3.63) is 29.8 Å². The molecular weight excluding hydrogens is 327 g/mol. The molecule has 1 atom stereocenters. The summed E-state index contributed by atoms with van der Waals surface area (Å²) in [5, 5.41) is 6.90. The second-order valence-electron chi connectivity index (χ2n) is 7.01. The number of rotatable bonds is 5. The van der Waals surface area contributed by atoms with Crippen LogP contribution in [0, 0.1) is 5.82 Å². The van der Waals surface area contributed by atoms with E-state index in [0.717, 1.165) is 25.3 Å². The highest BCUT2D eigenvalue weighted by atomic mass is 32.1. The average molecular weight is 350 g/mol. The summed E-state index contributed by atoms with van der Waals surface area (Å²) in [4.78, 5) is 4.46. The van der Waals surface area contributed by atoms with E-state index in [2.05, 4.69) is 40.8 Å². The predicted octanol–water partition coefficient (Wildman–Crippen LogP) is 4.31. The van der Waals surface area contributed by atoms with Crippen LogP contribution < -0.4 is 10.6 Å². The monoisotopic (exact) mass is 350 g/mol. The molecule has 1 fully saturated rings. The first-order chi connectivity index (χ1) is 11.4. The summed E-state index contributed by atoms with van der Waals surface area (Å²) in [6.07, 6.45) is 2.29. The Morgan fingerprint density at radius 2 is 2.21 bits per heavy atom. The number of benzene rings is 1. The lowest BCUT2D eigenvalue weighted by molar-refractivity contribution is 0.120. The Labute approximate surface area is 145 Å². The predicted molar refractivity (Wildman–Crippen MR) is 95.8 cm³/mol. The Bertz CT molecular complexity index is 692. The van der Waals surface area contributed by atoms with E-state index in [1.165, 1.54) is 17.6 Å². The number of nitrogens with zero attached hydrogens (tertiary/aromatic N) is 2. The van der Waals surface area contributed by atoms with Crippen molar-refractivity contribution < 1.29 is 9.13 Å². The summed E-state index contributed by atoms with van der Waals surface area (Å²) < 4.78 is 24.1. The number of nitrogens with one attached hydrogen (secondary N) is 2. The lowest BCUT2D eigenvalue weighted by Crippen LogP contribution is -2.18. The molecule has 1 aliphatic heterocycles. The van der Waals surface area contributed by atoms with E-state index in [9.17, 15) is 4.39 Å². The van der Waals surface area contributed by atoms with Crippen LogP contribution in [-0.4, -0.2) is 28.6 Å². The van der Waals surface area contributed by atoms with Gasteiger partial charge in [0.15, 0.2) is 0 Å². The maximum Gasteiger partial charge on any atom is 0.207 e. The number of anilines is 3. The average Bonchev–Trinajstić information content (AvgIpc) is 3.17. The molecule has 1 aromatic heterocycles. The highest BCUT2D eigenvalue weighted by molar-refractivity contribution is 7.09. The van der Waals surface area contributed by atoms with E-state index in [0.29, 0.717) is 23.1 Å². The van der Waals surface area contributed by atoms with Crippen LogP contribution in [0.15, 0.2) is 18.2 Å². The van der Waals surface area contributed by atoms with Gasteiger partial charge in [0.2, 0.25) is 5.13 Å². The third-order valence-electron chi connectivity index (χ3n) is 3.86. The molecule has 0 aliphatic carbocycles. The molecule has 2 aromatic rings. The Morgan fingerprint density at radius 1 is 1.38 bits per heavy atom. The molecule has 0 saturated carbocycles. The summed E-state index contributed by atoms with van der Waals surface area (Å²) in [5.74, 6) is 0.490. The molecule has 0 amide bonds. The van der Waals surface area contributed by atoms with Gasteiger partial charge < -0.3 is 15.4 Å². The van der Waals surface area contributed by atoms with Gasteiger partial charge in [0.1, 0.15) is 11.6 Å². The van der Waals surface area contributed by atoms with E-state index < -0.39 is 0 Å². The number of hydrogen-bond donors (Lipinski definition) is 2. The summed E-state index contributed by atoms with van der Waals surface area (Å²) in [7, 11) is 0. The minimum Gasteiger partial charge on any atom is -0.380 e. The first kappa shape index (κ1) is 17.1.